The maximum absolute atomic E-state index is 4.92. The Bertz CT molecular complexity index is 1150. The topological polar surface area (TPSA) is 29.3 Å². The fraction of sp³-hybridized carbons (Fsp3) is 0.125. The summed E-state index contributed by atoms with van der Waals surface area (Å²) in [7, 11) is 0. The van der Waals surface area contributed by atoms with Crippen LogP contribution in [0.15, 0.2) is 71.3 Å². The number of pyridine rings is 1. The number of imidazole rings is 1. The van der Waals surface area contributed by atoms with Crippen LogP contribution < -0.4 is 5.32 Å². The minimum absolute atomic E-state index is 0.910. The van der Waals surface area contributed by atoms with Gasteiger partial charge in [-0.15, -0.1) is 0 Å². The second kappa shape index (κ2) is 7.64. The molecule has 2 aromatic heterocycles. The molecular weight excluding hydrogens is 410 g/mol. The van der Waals surface area contributed by atoms with E-state index in [1.807, 2.05) is 18.2 Å². The molecule has 4 aromatic rings. The second-order valence-corrected chi connectivity index (χ2v) is 7.93. The number of hydrogen-bond acceptors (Lipinski definition) is 2. The average molecular weight is 432 g/mol. The molecule has 2 heterocycles. The van der Waals surface area contributed by atoms with Crippen molar-refractivity contribution in [3.8, 4) is 0 Å². The lowest BCUT2D eigenvalue weighted by Crippen LogP contribution is -2.01. The van der Waals surface area contributed by atoms with Crippen molar-refractivity contribution < 1.29 is 0 Å². The quantitative estimate of drug-likeness (QED) is 0.376. The number of halogens is 1. The Kier molecular flexibility index (Phi) is 5.05. The van der Waals surface area contributed by atoms with Gasteiger partial charge in [0.25, 0.3) is 0 Å². The van der Waals surface area contributed by atoms with Gasteiger partial charge >= 0.3 is 0 Å². The van der Waals surface area contributed by atoms with Crippen LogP contribution in [0.4, 0.5) is 11.5 Å². The van der Waals surface area contributed by atoms with Crippen molar-refractivity contribution in [2.75, 3.05) is 5.32 Å². The van der Waals surface area contributed by atoms with Gasteiger partial charge in [-0.05, 0) is 77.2 Å². The highest BCUT2D eigenvalue weighted by Gasteiger charge is 2.16. The van der Waals surface area contributed by atoms with Crippen molar-refractivity contribution in [2.24, 2.45) is 0 Å². The lowest BCUT2D eigenvalue weighted by atomic mass is 10.1. The Hall–Kier alpha value is -2.85. The molecule has 3 nitrogen and oxygen atoms in total. The smallest absolute Gasteiger partial charge is 0.142 e. The van der Waals surface area contributed by atoms with Crippen molar-refractivity contribution in [2.45, 2.75) is 20.8 Å². The van der Waals surface area contributed by atoms with Gasteiger partial charge in [0.05, 0.1) is 0 Å². The Labute approximate surface area is 173 Å². The van der Waals surface area contributed by atoms with Crippen molar-refractivity contribution in [3.05, 3.63) is 93.7 Å². The maximum Gasteiger partial charge on any atom is 0.142 e. The lowest BCUT2D eigenvalue weighted by molar-refractivity contribution is 1.17. The van der Waals surface area contributed by atoms with Crippen LogP contribution in [0.5, 0.6) is 0 Å². The molecule has 0 amide bonds. The maximum atomic E-state index is 4.92. The predicted octanol–water partition coefficient (Wildman–Crippen LogP) is 7.02. The lowest BCUT2D eigenvalue weighted by Gasteiger charge is -2.14. The first-order valence-corrected chi connectivity index (χ1v) is 10.1. The molecule has 1 N–H and O–H groups in total. The summed E-state index contributed by atoms with van der Waals surface area (Å²) in [5.74, 6) is 0.971. The fourth-order valence-corrected chi connectivity index (χ4v) is 3.75. The molecule has 0 aliphatic rings. The summed E-state index contributed by atoms with van der Waals surface area (Å²) >= 11 is 3.59. The zero-order chi connectivity index (χ0) is 19.7. The standard InChI is InChI=1S/C24H22BrN3/c1-16-8-7-9-17(2)22(16)27-24-23(18(3)14-19-10-5-4-6-11-19)26-21-13-12-20(25)15-28(21)24/h4-15,27H,1-3H3. The normalized spacial score (nSPS) is 11.8. The van der Waals surface area contributed by atoms with Crippen molar-refractivity contribution >= 4 is 44.7 Å². The van der Waals surface area contributed by atoms with Crippen molar-refractivity contribution in [1.29, 1.82) is 0 Å². The Morgan fingerprint density at radius 2 is 1.68 bits per heavy atom. The number of nitrogens with zero attached hydrogens (tertiary/aromatic N) is 2. The van der Waals surface area contributed by atoms with Crippen LogP contribution in [0.25, 0.3) is 17.3 Å². The fourth-order valence-electron chi connectivity index (χ4n) is 3.41. The van der Waals surface area contributed by atoms with E-state index in [9.17, 15) is 0 Å². The number of aromatic nitrogens is 2. The van der Waals surface area contributed by atoms with Gasteiger partial charge in [0.1, 0.15) is 17.2 Å². The molecule has 0 aliphatic heterocycles. The summed E-state index contributed by atoms with van der Waals surface area (Å²) in [6, 6.07) is 20.7. The van der Waals surface area contributed by atoms with Crippen LogP contribution in [0.2, 0.25) is 0 Å². The van der Waals surface area contributed by atoms with Gasteiger partial charge in [-0.2, -0.15) is 0 Å². The van der Waals surface area contributed by atoms with E-state index in [0.29, 0.717) is 0 Å². The summed E-state index contributed by atoms with van der Waals surface area (Å²) < 4.78 is 3.12. The molecule has 4 rings (SSSR count). The van der Waals surface area contributed by atoms with Gasteiger partial charge in [0.15, 0.2) is 0 Å². The van der Waals surface area contributed by atoms with E-state index in [2.05, 4.69) is 101 Å². The van der Waals surface area contributed by atoms with E-state index >= 15 is 0 Å². The van der Waals surface area contributed by atoms with Crippen LogP contribution in [0.3, 0.4) is 0 Å². The van der Waals surface area contributed by atoms with Gasteiger partial charge in [0.2, 0.25) is 0 Å². The zero-order valence-corrected chi connectivity index (χ0v) is 17.8. The van der Waals surface area contributed by atoms with E-state index in [-0.39, 0.29) is 0 Å². The van der Waals surface area contributed by atoms with Crippen LogP contribution in [0, 0.1) is 13.8 Å². The van der Waals surface area contributed by atoms with Crippen LogP contribution in [-0.2, 0) is 0 Å². The van der Waals surface area contributed by atoms with Gasteiger partial charge in [-0.25, -0.2) is 4.98 Å². The molecule has 0 unspecified atom stereocenters. The Balaban J connectivity index is 1.89. The van der Waals surface area contributed by atoms with Gasteiger partial charge in [-0.1, -0.05) is 48.5 Å². The molecule has 0 aliphatic carbocycles. The molecule has 0 spiro atoms. The number of nitrogens with one attached hydrogen (secondary N) is 1. The van der Waals surface area contributed by atoms with Gasteiger partial charge in [-0.3, -0.25) is 4.40 Å². The molecular formula is C24H22BrN3. The number of rotatable bonds is 4. The number of hydrogen-bond donors (Lipinski definition) is 1. The Morgan fingerprint density at radius 1 is 0.964 bits per heavy atom. The number of para-hydroxylation sites is 1. The van der Waals surface area contributed by atoms with E-state index in [1.54, 1.807) is 0 Å². The molecule has 28 heavy (non-hydrogen) atoms. The van der Waals surface area contributed by atoms with Crippen molar-refractivity contribution in [1.82, 2.24) is 9.38 Å². The van der Waals surface area contributed by atoms with Gasteiger partial charge < -0.3 is 5.32 Å². The number of benzene rings is 2. The first-order chi connectivity index (χ1) is 13.5. The minimum atomic E-state index is 0.910. The number of aryl methyl sites for hydroxylation is 2. The highest BCUT2D eigenvalue weighted by molar-refractivity contribution is 9.10. The molecule has 0 fully saturated rings. The zero-order valence-electron chi connectivity index (χ0n) is 16.2. The third-order valence-corrected chi connectivity index (χ3v) is 5.33. The summed E-state index contributed by atoms with van der Waals surface area (Å²) in [4.78, 5) is 4.92. The third-order valence-electron chi connectivity index (χ3n) is 4.86. The monoisotopic (exact) mass is 431 g/mol. The first-order valence-electron chi connectivity index (χ1n) is 9.27. The van der Waals surface area contributed by atoms with Crippen LogP contribution >= 0.6 is 15.9 Å². The highest BCUT2D eigenvalue weighted by atomic mass is 79.9. The minimum Gasteiger partial charge on any atom is -0.339 e. The van der Waals surface area contributed by atoms with E-state index in [0.717, 1.165) is 38.5 Å². The molecule has 0 saturated carbocycles. The largest absolute Gasteiger partial charge is 0.339 e. The van der Waals surface area contributed by atoms with Crippen molar-refractivity contribution in [3.63, 3.8) is 0 Å². The summed E-state index contributed by atoms with van der Waals surface area (Å²) in [5, 5.41) is 3.66. The SMILES string of the molecule is CC(=Cc1ccccc1)c1nc2ccc(Br)cn2c1Nc1c(C)cccc1C. The van der Waals surface area contributed by atoms with E-state index < -0.39 is 0 Å². The first kappa shape index (κ1) is 18.5. The molecule has 0 atom stereocenters. The van der Waals surface area contributed by atoms with E-state index in [4.69, 9.17) is 4.98 Å². The molecule has 140 valence electrons. The summed E-state index contributed by atoms with van der Waals surface area (Å²) in [6.07, 6.45) is 4.23. The highest BCUT2D eigenvalue weighted by Crippen LogP contribution is 2.32. The molecule has 0 saturated heterocycles. The molecule has 4 heteroatoms. The number of allylic oxidation sites excluding steroid dienone is 1. The van der Waals surface area contributed by atoms with E-state index in [1.165, 1.54) is 11.1 Å². The van der Waals surface area contributed by atoms with Crippen LogP contribution in [0.1, 0.15) is 29.3 Å². The van der Waals surface area contributed by atoms with Gasteiger partial charge in [0, 0.05) is 16.4 Å². The number of fused-ring (bicyclic) bond motifs is 1. The molecule has 2 aromatic carbocycles. The Morgan fingerprint density at radius 3 is 2.39 bits per heavy atom. The molecule has 0 bridgehead atoms. The summed E-state index contributed by atoms with van der Waals surface area (Å²) in [6.45, 7) is 6.36. The second-order valence-electron chi connectivity index (χ2n) is 7.01. The van der Waals surface area contributed by atoms with Crippen LogP contribution in [-0.4, -0.2) is 9.38 Å². The summed E-state index contributed by atoms with van der Waals surface area (Å²) in [5.41, 5.74) is 7.67. The third kappa shape index (κ3) is 3.60. The number of anilines is 2. The molecule has 0 radical (unpaired) electrons. The average Bonchev–Trinajstić information content (AvgIpc) is 3.03. The predicted molar refractivity (Wildman–Crippen MR) is 122 cm³/mol.